The maximum Gasteiger partial charge on any atom is 0.276 e. The maximum absolute atomic E-state index is 12.2. The number of hydrogen-bond acceptors (Lipinski definition) is 5. The van der Waals surface area contributed by atoms with Crippen molar-refractivity contribution in [3.63, 3.8) is 0 Å². The summed E-state index contributed by atoms with van der Waals surface area (Å²) in [5.41, 5.74) is 1.36. The number of nitrogens with one attached hydrogen (secondary N) is 3. The second-order valence-electron chi connectivity index (χ2n) is 6.39. The molecule has 3 N–H and O–H groups in total. The molecule has 1 aromatic carbocycles. The lowest BCUT2D eigenvalue weighted by Gasteiger charge is -2.20. The molecule has 0 saturated heterocycles. The molecule has 7 heteroatoms. The molecule has 0 saturated carbocycles. The van der Waals surface area contributed by atoms with Gasteiger partial charge in [-0.3, -0.25) is 9.59 Å². The van der Waals surface area contributed by atoms with Crippen molar-refractivity contribution < 1.29 is 9.59 Å². The van der Waals surface area contributed by atoms with Crippen LogP contribution in [-0.4, -0.2) is 27.6 Å². The van der Waals surface area contributed by atoms with E-state index in [2.05, 4.69) is 26.1 Å². The molecule has 0 spiro atoms. The summed E-state index contributed by atoms with van der Waals surface area (Å²) < 4.78 is 0. The highest BCUT2D eigenvalue weighted by molar-refractivity contribution is 6.03. The zero-order valence-corrected chi connectivity index (χ0v) is 14.2. The molecule has 126 valence electrons. The lowest BCUT2D eigenvalue weighted by atomic mass is 10.1. The van der Waals surface area contributed by atoms with Crippen molar-refractivity contribution in [2.45, 2.75) is 33.2 Å². The van der Waals surface area contributed by atoms with Crippen LogP contribution >= 0.6 is 0 Å². The monoisotopic (exact) mass is 327 g/mol. The van der Waals surface area contributed by atoms with Gasteiger partial charge in [0.05, 0.1) is 0 Å². The Balaban J connectivity index is 2.00. The summed E-state index contributed by atoms with van der Waals surface area (Å²) >= 11 is 0. The molecule has 0 aliphatic heterocycles. The number of carbonyl (C=O) groups is 2. The minimum Gasteiger partial charge on any atom is -0.364 e. The Morgan fingerprint density at radius 3 is 1.92 bits per heavy atom. The van der Waals surface area contributed by atoms with Crippen molar-refractivity contribution in [1.29, 1.82) is 0 Å². The van der Waals surface area contributed by atoms with E-state index < -0.39 is 0 Å². The van der Waals surface area contributed by atoms with E-state index in [1.54, 1.807) is 36.4 Å². The van der Waals surface area contributed by atoms with Crippen molar-refractivity contribution in [2.75, 3.05) is 16.0 Å². The number of benzene rings is 1. The van der Waals surface area contributed by atoms with Crippen LogP contribution in [0.4, 0.5) is 17.2 Å². The van der Waals surface area contributed by atoms with Crippen LogP contribution in [0.15, 0.2) is 36.4 Å². The quantitative estimate of drug-likeness (QED) is 0.802. The van der Waals surface area contributed by atoms with E-state index >= 15 is 0 Å². The van der Waals surface area contributed by atoms with Gasteiger partial charge in [0.25, 0.3) is 5.91 Å². The van der Waals surface area contributed by atoms with Crippen LogP contribution in [0.25, 0.3) is 0 Å². The van der Waals surface area contributed by atoms with Crippen molar-refractivity contribution in [3.8, 4) is 0 Å². The zero-order valence-electron chi connectivity index (χ0n) is 14.2. The summed E-state index contributed by atoms with van der Waals surface area (Å²) in [7, 11) is 0. The molecule has 0 aliphatic rings. The predicted molar refractivity (Wildman–Crippen MR) is 94.1 cm³/mol. The van der Waals surface area contributed by atoms with E-state index in [4.69, 9.17) is 0 Å². The molecule has 24 heavy (non-hydrogen) atoms. The average molecular weight is 327 g/mol. The molecule has 0 radical (unpaired) electrons. The third-order valence-electron chi connectivity index (χ3n) is 2.86. The van der Waals surface area contributed by atoms with E-state index in [1.165, 1.54) is 6.92 Å². The van der Waals surface area contributed by atoms with E-state index in [0.29, 0.717) is 17.2 Å². The van der Waals surface area contributed by atoms with Gasteiger partial charge in [0, 0.05) is 23.8 Å². The minimum absolute atomic E-state index is 0.131. The Bertz CT molecular complexity index is 718. The molecule has 0 fully saturated rings. The van der Waals surface area contributed by atoms with Crippen molar-refractivity contribution in [2.24, 2.45) is 0 Å². The number of anilines is 3. The first-order chi connectivity index (χ1) is 11.2. The number of amides is 2. The molecule has 0 bridgehead atoms. The molecule has 2 aromatic rings. The topological polar surface area (TPSA) is 96.0 Å². The minimum atomic E-state index is -0.350. The van der Waals surface area contributed by atoms with Gasteiger partial charge in [-0.1, -0.05) is 0 Å². The Kier molecular flexibility index (Phi) is 5.13. The SMILES string of the molecule is CC(=O)Nc1ccc(NC(=O)c2ccc(NC(C)(C)C)nn2)cc1. The second kappa shape index (κ2) is 7.08. The summed E-state index contributed by atoms with van der Waals surface area (Å²) in [5, 5.41) is 16.5. The molecule has 1 heterocycles. The first-order valence-corrected chi connectivity index (χ1v) is 7.54. The highest BCUT2D eigenvalue weighted by Gasteiger charge is 2.12. The van der Waals surface area contributed by atoms with Gasteiger partial charge in [0.2, 0.25) is 5.91 Å². The van der Waals surface area contributed by atoms with Gasteiger partial charge in [0.15, 0.2) is 5.69 Å². The summed E-state index contributed by atoms with van der Waals surface area (Å²) in [4.78, 5) is 23.1. The zero-order chi connectivity index (χ0) is 17.7. The van der Waals surface area contributed by atoms with Crippen LogP contribution in [0.1, 0.15) is 38.2 Å². The molecular weight excluding hydrogens is 306 g/mol. The Hall–Kier alpha value is -2.96. The average Bonchev–Trinajstić information content (AvgIpc) is 2.48. The van der Waals surface area contributed by atoms with Crippen LogP contribution in [0, 0.1) is 0 Å². The first kappa shape index (κ1) is 17.4. The number of nitrogens with zero attached hydrogens (tertiary/aromatic N) is 2. The third-order valence-corrected chi connectivity index (χ3v) is 2.86. The van der Waals surface area contributed by atoms with E-state index in [9.17, 15) is 9.59 Å². The standard InChI is InChI=1S/C17H21N5O2/c1-11(23)18-12-5-7-13(8-6-12)19-16(24)14-9-10-15(22-21-14)20-17(2,3)4/h5-10H,1-4H3,(H,18,23)(H,19,24)(H,20,22). The number of carbonyl (C=O) groups excluding carboxylic acids is 2. The lowest BCUT2D eigenvalue weighted by Crippen LogP contribution is -2.27. The van der Waals surface area contributed by atoms with Gasteiger partial charge in [0.1, 0.15) is 5.82 Å². The Labute approximate surface area is 140 Å². The molecular formula is C17H21N5O2. The van der Waals surface area contributed by atoms with Gasteiger partial charge in [-0.2, -0.15) is 0 Å². The molecule has 0 aliphatic carbocycles. The van der Waals surface area contributed by atoms with E-state index in [-0.39, 0.29) is 23.0 Å². The molecule has 1 aromatic heterocycles. The molecule has 7 nitrogen and oxygen atoms in total. The molecule has 2 rings (SSSR count). The van der Waals surface area contributed by atoms with Crippen molar-refractivity contribution >= 4 is 29.0 Å². The predicted octanol–water partition coefficient (Wildman–Crippen LogP) is 2.90. The lowest BCUT2D eigenvalue weighted by molar-refractivity contribution is -0.114. The first-order valence-electron chi connectivity index (χ1n) is 7.54. The summed E-state index contributed by atoms with van der Waals surface area (Å²) in [5.74, 6) is 0.113. The van der Waals surface area contributed by atoms with Gasteiger partial charge in [-0.15, -0.1) is 10.2 Å². The normalized spacial score (nSPS) is 10.8. The Morgan fingerprint density at radius 2 is 1.46 bits per heavy atom. The van der Waals surface area contributed by atoms with Crippen LogP contribution in [0.2, 0.25) is 0 Å². The van der Waals surface area contributed by atoms with Gasteiger partial charge in [-0.05, 0) is 57.2 Å². The van der Waals surface area contributed by atoms with E-state index in [0.717, 1.165) is 0 Å². The fourth-order valence-corrected chi connectivity index (χ4v) is 1.94. The molecule has 0 atom stereocenters. The van der Waals surface area contributed by atoms with Crippen molar-refractivity contribution in [1.82, 2.24) is 10.2 Å². The van der Waals surface area contributed by atoms with Crippen LogP contribution in [0.5, 0.6) is 0 Å². The summed E-state index contributed by atoms with van der Waals surface area (Å²) in [6.07, 6.45) is 0. The summed E-state index contributed by atoms with van der Waals surface area (Å²) in [6, 6.07) is 10.1. The Morgan fingerprint density at radius 1 is 0.875 bits per heavy atom. The van der Waals surface area contributed by atoms with Gasteiger partial charge < -0.3 is 16.0 Å². The largest absolute Gasteiger partial charge is 0.364 e. The van der Waals surface area contributed by atoms with Gasteiger partial charge in [-0.25, -0.2) is 0 Å². The molecule has 0 unspecified atom stereocenters. The fourth-order valence-electron chi connectivity index (χ4n) is 1.94. The molecule has 2 amide bonds. The van der Waals surface area contributed by atoms with Crippen molar-refractivity contribution in [3.05, 3.63) is 42.1 Å². The number of hydrogen-bond donors (Lipinski definition) is 3. The van der Waals surface area contributed by atoms with Crippen LogP contribution < -0.4 is 16.0 Å². The van der Waals surface area contributed by atoms with Crippen LogP contribution in [0.3, 0.4) is 0 Å². The number of aromatic nitrogens is 2. The highest BCUT2D eigenvalue weighted by Crippen LogP contribution is 2.15. The second-order valence-corrected chi connectivity index (χ2v) is 6.39. The smallest absolute Gasteiger partial charge is 0.276 e. The number of rotatable bonds is 4. The summed E-state index contributed by atoms with van der Waals surface area (Å²) in [6.45, 7) is 7.48. The maximum atomic E-state index is 12.2. The van der Waals surface area contributed by atoms with Gasteiger partial charge >= 0.3 is 0 Å². The third kappa shape index (κ3) is 5.35. The highest BCUT2D eigenvalue weighted by atomic mass is 16.2. The van der Waals surface area contributed by atoms with Crippen LogP contribution in [-0.2, 0) is 4.79 Å². The van der Waals surface area contributed by atoms with E-state index in [1.807, 2.05) is 20.8 Å². The fraction of sp³-hybridized carbons (Fsp3) is 0.294.